The van der Waals surface area contributed by atoms with Crippen molar-refractivity contribution in [3.05, 3.63) is 29.8 Å². The van der Waals surface area contributed by atoms with Gasteiger partial charge in [0.1, 0.15) is 5.41 Å². The lowest BCUT2D eigenvalue weighted by Crippen LogP contribution is -2.29. The van der Waals surface area contributed by atoms with Gasteiger partial charge in [0.25, 0.3) is 0 Å². The molecule has 3 heteroatoms. The number of anilines is 1. The number of amides is 1. The Labute approximate surface area is 89.7 Å². The summed E-state index contributed by atoms with van der Waals surface area (Å²) >= 11 is 0. The lowest BCUT2D eigenvalue weighted by molar-refractivity contribution is -0.121. The number of nitrogens with zero attached hydrogens (tertiary/aromatic N) is 1. The predicted molar refractivity (Wildman–Crippen MR) is 59.2 cm³/mol. The molecule has 1 amide bonds. The van der Waals surface area contributed by atoms with Gasteiger partial charge in [-0.1, -0.05) is 12.1 Å². The van der Waals surface area contributed by atoms with Crippen LogP contribution in [0.2, 0.25) is 0 Å². The van der Waals surface area contributed by atoms with Gasteiger partial charge < -0.3 is 5.32 Å². The third-order valence-corrected chi connectivity index (χ3v) is 2.12. The van der Waals surface area contributed by atoms with E-state index < -0.39 is 5.41 Å². The van der Waals surface area contributed by atoms with E-state index in [0.29, 0.717) is 0 Å². The summed E-state index contributed by atoms with van der Waals surface area (Å²) in [6.45, 7) is 5.14. The summed E-state index contributed by atoms with van der Waals surface area (Å²) in [5.74, 6) is -0.282. The number of carbonyl (C=O) groups excluding carboxylic acids is 1. The van der Waals surface area contributed by atoms with E-state index in [4.69, 9.17) is 5.26 Å². The maximum Gasteiger partial charge on any atom is 0.244 e. The van der Waals surface area contributed by atoms with Crippen LogP contribution in [-0.2, 0) is 4.79 Å². The summed E-state index contributed by atoms with van der Waals surface area (Å²) in [5, 5.41) is 11.5. The Bertz CT molecular complexity index is 416. The van der Waals surface area contributed by atoms with E-state index in [1.54, 1.807) is 19.9 Å². The largest absolute Gasteiger partial charge is 0.325 e. The van der Waals surface area contributed by atoms with Gasteiger partial charge in [-0.15, -0.1) is 0 Å². The normalized spacial score (nSPS) is 10.5. The molecule has 0 fully saturated rings. The second kappa shape index (κ2) is 4.14. The van der Waals surface area contributed by atoms with Gasteiger partial charge in [0.2, 0.25) is 5.91 Å². The second-order valence-corrected chi connectivity index (χ2v) is 4.06. The molecule has 1 aromatic rings. The van der Waals surface area contributed by atoms with Gasteiger partial charge >= 0.3 is 0 Å². The minimum atomic E-state index is -0.996. The zero-order valence-electron chi connectivity index (χ0n) is 9.16. The minimum Gasteiger partial charge on any atom is -0.325 e. The average Bonchev–Trinajstić information content (AvgIpc) is 2.17. The van der Waals surface area contributed by atoms with Crippen molar-refractivity contribution in [2.45, 2.75) is 20.8 Å². The standard InChI is InChI=1S/C12H14N2O/c1-9-5-4-6-10(7-9)14-11(15)12(2,3)8-13/h4-7H,1-3H3,(H,14,15). The summed E-state index contributed by atoms with van der Waals surface area (Å²) in [7, 11) is 0. The highest BCUT2D eigenvalue weighted by Gasteiger charge is 2.27. The molecular weight excluding hydrogens is 188 g/mol. The van der Waals surface area contributed by atoms with E-state index in [9.17, 15) is 4.79 Å². The number of carbonyl (C=O) groups is 1. The predicted octanol–water partition coefficient (Wildman–Crippen LogP) is 2.48. The fraction of sp³-hybridized carbons (Fsp3) is 0.333. The third-order valence-electron chi connectivity index (χ3n) is 2.12. The maximum atomic E-state index is 11.6. The van der Waals surface area contributed by atoms with Crippen LogP contribution >= 0.6 is 0 Å². The van der Waals surface area contributed by atoms with Crippen molar-refractivity contribution in [1.29, 1.82) is 5.26 Å². The molecule has 0 unspecified atom stereocenters. The molecule has 0 radical (unpaired) electrons. The first-order chi connectivity index (χ1) is 6.95. The molecule has 3 nitrogen and oxygen atoms in total. The molecule has 0 bridgehead atoms. The van der Waals surface area contributed by atoms with Crippen LogP contribution in [0.25, 0.3) is 0 Å². The Morgan fingerprint density at radius 2 is 2.13 bits per heavy atom. The first kappa shape index (κ1) is 11.3. The van der Waals surface area contributed by atoms with Crippen molar-refractivity contribution in [3.8, 4) is 6.07 Å². The molecule has 1 rings (SSSR count). The molecule has 1 N–H and O–H groups in total. The molecule has 0 spiro atoms. The number of hydrogen-bond acceptors (Lipinski definition) is 2. The van der Waals surface area contributed by atoms with Gasteiger partial charge in [-0.05, 0) is 38.5 Å². The molecule has 0 saturated carbocycles. The van der Waals surface area contributed by atoms with Gasteiger partial charge in [0.05, 0.1) is 6.07 Å². The summed E-state index contributed by atoms with van der Waals surface area (Å²) < 4.78 is 0. The van der Waals surface area contributed by atoms with Crippen LogP contribution in [-0.4, -0.2) is 5.91 Å². The first-order valence-corrected chi connectivity index (χ1v) is 4.75. The van der Waals surface area contributed by atoms with E-state index >= 15 is 0 Å². The number of benzene rings is 1. The van der Waals surface area contributed by atoms with Gasteiger partial charge in [0, 0.05) is 5.69 Å². The average molecular weight is 202 g/mol. The zero-order valence-corrected chi connectivity index (χ0v) is 9.16. The first-order valence-electron chi connectivity index (χ1n) is 4.75. The highest BCUT2D eigenvalue weighted by molar-refractivity contribution is 5.96. The summed E-state index contributed by atoms with van der Waals surface area (Å²) in [6.07, 6.45) is 0. The quantitative estimate of drug-likeness (QED) is 0.801. The third kappa shape index (κ3) is 2.81. The highest BCUT2D eigenvalue weighted by atomic mass is 16.2. The fourth-order valence-corrected chi connectivity index (χ4v) is 1.06. The van der Waals surface area contributed by atoms with Gasteiger partial charge in [-0.25, -0.2) is 0 Å². The van der Waals surface area contributed by atoms with Crippen molar-refractivity contribution in [1.82, 2.24) is 0 Å². The molecule has 0 aliphatic heterocycles. The molecule has 0 aromatic heterocycles. The Morgan fingerprint density at radius 3 is 2.67 bits per heavy atom. The van der Waals surface area contributed by atoms with Gasteiger partial charge in [-0.3, -0.25) is 4.79 Å². The van der Waals surface area contributed by atoms with E-state index in [-0.39, 0.29) is 5.91 Å². The van der Waals surface area contributed by atoms with Crippen molar-refractivity contribution in [2.24, 2.45) is 5.41 Å². The van der Waals surface area contributed by atoms with Crippen molar-refractivity contribution < 1.29 is 4.79 Å². The van der Waals surface area contributed by atoms with E-state index in [1.807, 2.05) is 31.2 Å². The van der Waals surface area contributed by atoms with Gasteiger partial charge in [-0.2, -0.15) is 5.26 Å². The van der Waals surface area contributed by atoms with Crippen molar-refractivity contribution >= 4 is 11.6 Å². The second-order valence-electron chi connectivity index (χ2n) is 4.06. The van der Waals surface area contributed by atoms with E-state index in [2.05, 4.69) is 5.32 Å². The molecule has 1 aromatic carbocycles. The summed E-state index contributed by atoms with van der Waals surface area (Å²) in [6, 6.07) is 9.45. The van der Waals surface area contributed by atoms with E-state index in [0.717, 1.165) is 11.3 Å². The van der Waals surface area contributed by atoms with E-state index in [1.165, 1.54) is 0 Å². The fourth-order valence-electron chi connectivity index (χ4n) is 1.06. The molecule has 0 saturated heterocycles. The van der Waals surface area contributed by atoms with Crippen LogP contribution in [0.15, 0.2) is 24.3 Å². The number of nitriles is 1. The lowest BCUT2D eigenvalue weighted by Gasteiger charge is -2.15. The number of rotatable bonds is 2. The summed E-state index contributed by atoms with van der Waals surface area (Å²) in [5.41, 5.74) is 0.801. The SMILES string of the molecule is Cc1cccc(NC(=O)C(C)(C)C#N)c1. The Kier molecular flexibility index (Phi) is 3.11. The molecule has 78 valence electrons. The molecule has 0 aliphatic carbocycles. The van der Waals surface area contributed by atoms with Crippen LogP contribution in [0.3, 0.4) is 0 Å². The molecule has 0 heterocycles. The van der Waals surface area contributed by atoms with Crippen LogP contribution in [0.5, 0.6) is 0 Å². The number of hydrogen-bond donors (Lipinski definition) is 1. The highest BCUT2D eigenvalue weighted by Crippen LogP contribution is 2.17. The molecule has 15 heavy (non-hydrogen) atoms. The van der Waals surface area contributed by atoms with Crippen LogP contribution < -0.4 is 5.32 Å². The number of nitrogens with one attached hydrogen (secondary N) is 1. The molecule has 0 atom stereocenters. The smallest absolute Gasteiger partial charge is 0.244 e. The topological polar surface area (TPSA) is 52.9 Å². The Morgan fingerprint density at radius 1 is 1.47 bits per heavy atom. The van der Waals surface area contributed by atoms with Gasteiger partial charge in [0.15, 0.2) is 0 Å². The zero-order chi connectivity index (χ0) is 11.5. The lowest BCUT2D eigenvalue weighted by atomic mass is 9.94. The summed E-state index contributed by atoms with van der Waals surface area (Å²) in [4.78, 5) is 11.6. The van der Waals surface area contributed by atoms with Crippen molar-refractivity contribution in [3.63, 3.8) is 0 Å². The maximum absolute atomic E-state index is 11.6. The molecular formula is C12H14N2O. The Balaban J connectivity index is 2.81. The van der Waals surface area contributed by atoms with Crippen LogP contribution in [0, 0.1) is 23.7 Å². The van der Waals surface area contributed by atoms with Crippen LogP contribution in [0.1, 0.15) is 19.4 Å². The number of aryl methyl sites for hydroxylation is 1. The monoisotopic (exact) mass is 202 g/mol. The minimum absolute atomic E-state index is 0.282. The Hall–Kier alpha value is -1.82. The molecule has 0 aliphatic rings. The van der Waals surface area contributed by atoms with Crippen LogP contribution in [0.4, 0.5) is 5.69 Å². The van der Waals surface area contributed by atoms with Crippen molar-refractivity contribution in [2.75, 3.05) is 5.32 Å².